The van der Waals surface area contributed by atoms with Crippen molar-refractivity contribution in [1.29, 1.82) is 0 Å². The predicted octanol–water partition coefficient (Wildman–Crippen LogP) is 3.51. The lowest BCUT2D eigenvalue weighted by molar-refractivity contribution is -0.153. The van der Waals surface area contributed by atoms with Gasteiger partial charge in [0.05, 0.1) is 12.1 Å². The average molecular weight is 425 g/mol. The monoisotopic (exact) mass is 425 g/mol. The normalized spacial score (nSPS) is 11.2. The number of carbonyl (C=O) groups excluding carboxylic acids is 1. The number of halogens is 4. The van der Waals surface area contributed by atoms with Crippen LogP contribution in [0.15, 0.2) is 53.1 Å². The summed E-state index contributed by atoms with van der Waals surface area (Å²) in [6, 6.07) is 11.5. The number of rotatable bonds is 8. The van der Waals surface area contributed by atoms with E-state index in [1.54, 1.807) is 6.07 Å². The van der Waals surface area contributed by atoms with Gasteiger partial charge in [-0.2, -0.15) is 18.2 Å². The van der Waals surface area contributed by atoms with Gasteiger partial charge < -0.3 is 19.3 Å². The van der Waals surface area contributed by atoms with Crippen molar-refractivity contribution in [1.82, 2.24) is 15.5 Å². The fourth-order valence-electron chi connectivity index (χ4n) is 2.29. The number of ether oxygens (including phenoxy) is 2. The number of hydrogen-bond donors (Lipinski definition) is 1. The lowest BCUT2D eigenvalue weighted by Crippen LogP contribution is -2.29. The average Bonchev–Trinajstić information content (AvgIpc) is 3.18. The van der Waals surface area contributed by atoms with Crippen LogP contribution >= 0.6 is 0 Å². The van der Waals surface area contributed by atoms with Crippen molar-refractivity contribution in [2.24, 2.45) is 0 Å². The molecule has 0 spiro atoms. The third kappa shape index (κ3) is 5.93. The van der Waals surface area contributed by atoms with E-state index in [1.165, 1.54) is 42.5 Å². The van der Waals surface area contributed by atoms with E-state index >= 15 is 0 Å². The number of amides is 1. The number of benzene rings is 2. The van der Waals surface area contributed by atoms with Gasteiger partial charge in [-0.05, 0) is 24.3 Å². The molecule has 11 heteroatoms. The Morgan fingerprint density at radius 1 is 1.03 bits per heavy atom. The van der Waals surface area contributed by atoms with Crippen molar-refractivity contribution >= 4 is 5.91 Å². The largest absolute Gasteiger partial charge is 0.480 e. The van der Waals surface area contributed by atoms with E-state index in [0.29, 0.717) is 0 Å². The summed E-state index contributed by atoms with van der Waals surface area (Å²) in [6.45, 7) is -2.08. The molecule has 0 aliphatic heterocycles. The van der Waals surface area contributed by atoms with Crippen LogP contribution in [-0.4, -0.2) is 35.4 Å². The van der Waals surface area contributed by atoms with Crippen molar-refractivity contribution in [2.45, 2.75) is 12.7 Å². The maximum Gasteiger partial charge on any atom is 0.422 e. The zero-order valence-corrected chi connectivity index (χ0v) is 15.3. The molecule has 3 rings (SSSR count). The predicted molar refractivity (Wildman–Crippen MR) is 95.0 cm³/mol. The minimum absolute atomic E-state index is 0.0155. The van der Waals surface area contributed by atoms with Crippen LogP contribution in [0.1, 0.15) is 5.82 Å². The Morgan fingerprint density at radius 3 is 2.40 bits per heavy atom. The van der Waals surface area contributed by atoms with Gasteiger partial charge in [-0.15, -0.1) is 0 Å². The van der Waals surface area contributed by atoms with E-state index in [-0.39, 0.29) is 35.3 Å². The van der Waals surface area contributed by atoms with Gasteiger partial charge in [0.15, 0.2) is 30.5 Å². The molecule has 0 saturated carbocycles. The second kappa shape index (κ2) is 9.25. The van der Waals surface area contributed by atoms with Gasteiger partial charge in [0, 0.05) is 0 Å². The van der Waals surface area contributed by atoms with E-state index < -0.39 is 31.1 Å². The number of carbonyl (C=O) groups is 1. The van der Waals surface area contributed by atoms with E-state index in [2.05, 4.69) is 20.2 Å². The molecule has 3 aromatic rings. The molecule has 0 fully saturated rings. The van der Waals surface area contributed by atoms with Crippen LogP contribution in [0.5, 0.6) is 11.5 Å². The standard InChI is InChI=1S/C19H15F4N3O4/c20-13-6-2-1-5-12(13)18-25-16(26-30-18)9-24-17(27)10-28-14-7-3-4-8-15(14)29-11-19(21,22)23/h1-8H,9-11H2,(H,24,27). The molecule has 7 nitrogen and oxygen atoms in total. The molecule has 0 aliphatic rings. The number of nitrogens with one attached hydrogen (secondary N) is 1. The summed E-state index contributed by atoms with van der Waals surface area (Å²) in [5.74, 6) is -1.21. The van der Waals surface area contributed by atoms with Crippen molar-refractivity contribution in [3.05, 3.63) is 60.2 Å². The second-order valence-electron chi connectivity index (χ2n) is 5.91. The summed E-state index contributed by atoms with van der Waals surface area (Å²) < 4.78 is 65.5. The van der Waals surface area contributed by atoms with Gasteiger partial charge in [0.25, 0.3) is 11.8 Å². The molecule has 0 atom stereocenters. The first-order valence-corrected chi connectivity index (χ1v) is 8.57. The maximum absolute atomic E-state index is 13.7. The van der Waals surface area contributed by atoms with Crippen LogP contribution in [0.3, 0.4) is 0 Å². The zero-order chi connectivity index (χ0) is 21.6. The second-order valence-corrected chi connectivity index (χ2v) is 5.91. The lowest BCUT2D eigenvalue weighted by atomic mass is 10.2. The fraction of sp³-hybridized carbons (Fsp3) is 0.211. The summed E-state index contributed by atoms with van der Waals surface area (Å²) in [6.07, 6.45) is -4.50. The summed E-state index contributed by atoms with van der Waals surface area (Å²) in [4.78, 5) is 15.9. The first-order chi connectivity index (χ1) is 14.3. The quantitative estimate of drug-likeness (QED) is 0.556. The molecule has 0 unspecified atom stereocenters. The molecule has 0 aliphatic carbocycles. The first kappa shape index (κ1) is 21.1. The lowest BCUT2D eigenvalue weighted by Gasteiger charge is -2.13. The number of hydrogen-bond acceptors (Lipinski definition) is 6. The Balaban J connectivity index is 1.51. The number of aromatic nitrogens is 2. The highest BCUT2D eigenvalue weighted by Gasteiger charge is 2.29. The Labute approximate surface area is 167 Å². The topological polar surface area (TPSA) is 86.5 Å². The SMILES string of the molecule is O=C(COc1ccccc1OCC(F)(F)F)NCc1noc(-c2ccccc2F)n1. The van der Waals surface area contributed by atoms with E-state index in [0.717, 1.165) is 0 Å². The Hall–Kier alpha value is -3.63. The minimum Gasteiger partial charge on any atom is -0.480 e. The van der Waals surface area contributed by atoms with E-state index in [4.69, 9.17) is 9.26 Å². The van der Waals surface area contributed by atoms with Crippen LogP contribution in [0.4, 0.5) is 17.6 Å². The van der Waals surface area contributed by atoms with Crippen molar-refractivity contribution < 1.29 is 36.4 Å². The van der Waals surface area contributed by atoms with E-state index in [9.17, 15) is 22.4 Å². The molecule has 2 aromatic carbocycles. The van der Waals surface area contributed by atoms with Gasteiger partial charge in [0.2, 0.25) is 0 Å². The molecule has 158 valence electrons. The molecule has 0 bridgehead atoms. The molecule has 30 heavy (non-hydrogen) atoms. The van der Waals surface area contributed by atoms with Crippen LogP contribution in [-0.2, 0) is 11.3 Å². The molecule has 1 aromatic heterocycles. The van der Waals surface area contributed by atoms with Gasteiger partial charge in [0.1, 0.15) is 5.82 Å². The van der Waals surface area contributed by atoms with Crippen molar-refractivity contribution in [3.63, 3.8) is 0 Å². The van der Waals surface area contributed by atoms with Crippen LogP contribution in [0.2, 0.25) is 0 Å². The van der Waals surface area contributed by atoms with Gasteiger partial charge in [-0.3, -0.25) is 4.79 Å². The molecule has 0 radical (unpaired) electrons. The molecular weight excluding hydrogens is 410 g/mol. The minimum atomic E-state index is -4.50. The first-order valence-electron chi connectivity index (χ1n) is 8.57. The summed E-state index contributed by atoms with van der Waals surface area (Å²) in [7, 11) is 0. The van der Waals surface area contributed by atoms with E-state index in [1.807, 2.05) is 0 Å². The molecular formula is C19H15F4N3O4. The molecule has 1 heterocycles. The van der Waals surface area contributed by atoms with Gasteiger partial charge in [-0.1, -0.05) is 29.4 Å². The third-order valence-electron chi connectivity index (χ3n) is 3.62. The summed E-state index contributed by atoms with van der Waals surface area (Å²) in [5.41, 5.74) is 0.126. The summed E-state index contributed by atoms with van der Waals surface area (Å²) >= 11 is 0. The molecule has 1 N–H and O–H groups in total. The van der Waals surface area contributed by atoms with Gasteiger partial charge >= 0.3 is 6.18 Å². The Morgan fingerprint density at radius 2 is 1.70 bits per heavy atom. The van der Waals surface area contributed by atoms with Gasteiger partial charge in [-0.25, -0.2) is 4.39 Å². The van der Waals surface area contributed by atoms with Crippen LogP contribution in [0, 0.1) is 5.82 Å². The van der Waals surface area contributed by atoms with Crippen LogP contribution < -0.4 is 14.8 Å². The highest BCUT2D eigenvalue weighted by atomic mass is 19.4. The highest BCUT2D eigenvalue weighted by Crippen LogP contribution is 2.28. The number of para-hydroxylation sites is 2. The maximum atomic E-state index is 13.7. The number of nitrogens with zero attached hydrogens (tertiary/aromatic N) is 2. The zero-order valence-electron chi connectivity index (χ0n) is 15.3. The summed E-state index contributed by atoms with van der Waals surface area (Å²) in [5, 5.41) is 6.11. The molecule has 0 saturated heterocycles. The number of alkyl halides is 3. The fourth-order valence-corrected chi connectivity index (χ4v) is 2.29. The highest BCUT2D eigenvalue weighted by molar-refractivity contribution is 5.77. The Bertz CT molecular complexity index is 1010. The smallest absolute Gasteiger partial charge is 0.422 e. The Kier molecular flexibility index (Phi) is 6.50. The molecule has 1 amide bonds. The van der Waals surface area contributed by atoms with Crippen molar-refractivity contribution in [2.75, 3.05) is 13.2 Å². The van der Waals surface area contributed by atoms with Crippen molar-refractivity contribution in [3.8, 4) is 23.0 Å². The van der Waals surface area contributed by atoms with Crippen LogP contribution in [0.25, 0.3) is 11.5 Å². The third-order valence-corrected chi connectivity index (χ3v) is 3.62.